The number of hydrogen-bond acceptors (Lipinski definition) is 4. The first-order valence-corrected chi connectivity index (χ1v) is 8.61. The summed E-state index contributed by atoms with van der Waals surface area (Å²) in [6.45, 7) is 0.205. The summed E-state index contributed by atoms with van der Waals surface area (Å²) in [5.41, 5.74) is 3.00. The molecule has 0 saturated carbocycles. The minimum absolute atomic E-state index is 0.205. The Morgan fingerprint density at radius 3 is 2.07 bits per heavy atom. The summed E-state index contributed by atoms with van der Waals surface area (Å²) in [5, 5.41) is 3.14. The molecule has 27 heavy (non-hydrogen) atoms. The maximum Gasteiger partial charge on any atom is 0.278 e. The third kappa shape index (κ3) is 3.35. The first-order valence-electron chi connectivity index (χ1n) is 8.61. The van der Waals surface area contributed by atoms with Crippen molar-refractivity contribution in [3.63, 3.8) is 0 Å². The third-order valence-corrected chi connectivity index (χ3v) is 4.36. The van der Waals surface area contributed by atoms with Crippen LogP contribution < -0.4 is 5.32 Å². The van der Waals surface area contributed by atoms with E-state index in [4.69, 9.17) is 0 Å². The number of imide groups is 1. The van der Waals surface area contributed by atoms with Gasteiger partial charge in [-0.1, -0.05) is 48.5 Å². The summed E-state index contributed by atoms with van der Waals surface area (Å²) in [7, 11) is 0. The second-order valence-corrected chi connectivity index (χ2v) is 6.16. The van der Waals surface area contributed by atoms with Crippen LogP contribution in [-0.4, -0.2) is 21.7 Å². The molecule has 3 aromatic rings. The Morgan fingerprint density at radius 1 is 0.778 bits per heavy atom. The van der Waals surface area contributed by atoms with Gasteiger partial charge >= 0.3 is 0 Å². The van der Waals surface area contributed by atoms with E-state index in [1.807, 2.05) is 60.7 Å². The van der Waals surface area contributed by atoms with Crippen molar-refractivity contribution in [3.05, 3.63) is 102 Å². The zero-order valence-corrected chi connectivity index (χ0v) is 14.5. The van der Waals surface area contributed by atoms with Crippen LogP contribution in [0.15, 0.2) is 90.9 Å². The second kappa shape index (κ2) is 7.25. The number of para-hydroxylation sites is 1. The zero-order chi connectivity index (χ0) is 18.6. The van der Waals surface area contributed by atoms with E-state index in [2.05, 4.69) is 10.3 Å². The molecule has 2 aromatic carbocycles. The van der Waals surface area contributed by atoms with Gasteiger partial charge in [0, 0.05) is 18.1 Å². The fourth-order valence-corrected chi connectivity index (χ4v) is 3.04. The van der Waals surface area contributed by atoms with Gasteiger partial charge in [0.05, 0.1) is 12.1 Å². The van der Waals surface area contributed by atoms with Crippen LogP contribution in [0.25, 0.3) is 5.57 Å². The third-order valence-electron chi connectivity index (χ3n) is 4.36. The molecule has 0 atom stereocenters. The van der Waals surface area contributed by atoms with Gasteiger partial charge in [-0.15, -0.1) is 0 Å². The fourth-order valence-electron chi connectivity index (χ4n) is 3.04. The van der Waals surface area contributed by atoms with Crippen molar-refractivity contribution in [2.75, 3.05) is 5.32 Å². The summed E-state index contributed by atoms with van der Waals surface area (Å²) in [6, 6.07) is 22.2. The average Bonchev–Trinajstić information content (AvgIpc) is 2.94. The van der Waals surface area contributed by atoms with Gasteiger partial charge in [0.2, 0.25) is 0 Å². The van der Waals surface area contributed by atoms with Gasteiger partial charge in [0.15, 0.2) is 0 Å². The molecule has 0 aliphatic carbocycles. The number of pyridine rings is 1. The van der Waals surface area contributed by atoms with Crippen LogP contribution in [0.1, 0.15) is 11.1 Å². The smallest absolute Gasteiger partial charge is 0.278 e. The molecule has 4 rings (SSSR count). The molecule has 1 aromatic heterocycles. The van der Waals surface area contributed by atoms with Crippen LogP contribution in [0, 0.1) is 0 Å². The van der Waals surface area contributed by atoms with E-state index in [0.29, 0.717) is 16.8 Å². The van der Waals surface area contributed by atoms with E-state index in [1.54, 1.807) is 24.5 Å². The molecule has 0 spiro atoms. The minimum atomic E-state index is -0.334. The SMILES string of the molecule is O=C1C(Nc2ccccc2)=C(c2ccccc2)C(=O)N1Cc1ccncc1. The summed E-state index contributed by atoms with van der Waals surface area (Å²) < 4.78 is 0. The maximum atomic E-state index is 13.1. The monoisotopic (exact) mass is 355 g/mol. The summed E-state index contributed by atoms with van der Waals surface area (Å²) in [5.74, 6) is -0.638. The normalized spacial score (nSPS) is 14.0. The number of amides is 2. The van der Waals surface area contributed by atoms with Crippen LogP contribution in [0.5, 0.6) is 0 Å². The molecule has 0 saturated heterocycles. The Kier molecular flexibility index (Phi) is 4.49. The molecule has 5 heteroatoms. The van der Waals surface area contributed by atoms with Gasteiger partial charge in [0.1, 0.15) is 5.70 Å². The van der Waals surface area contributed by atoms with Crippen molar-refractivity contribution in [1.82, 2.24) is 9.88 Å². The largest absolute Gasteiger partial charge is 0.350 e. The maximum absolute atomic E-state index is 13.1. The molecule has 2 heterocycles. The number of nitrogens with one attached hydrogen (secondary N) is 1. The second-order valence-electron chi connectivity index (χ2n) is 6.16. The summed E-state index contributed by atoms with van der Waals surface area (Å²) in [6.07, 6.45) is 3.30. The van der Waals surface area contributed by atoms with Crippen molar-refractivity contribution >= 4 is 23.1 Å². The lowest BCUT2D eigenvalue weighted by molar-refractivity contribution is -0.137. The predicted octanol–water partition coefficient (Wildman–Crippen LogP) is 3.47. The standard InChI is InChI=1S/C22H17N3O2/c26-21-19(17-7-3-1-4-8-17)20(24-18-9-5-2-6-10-18)22(27)25(21)15-16-11-13-23-14-12-16/h1-14,24H,15H2. The Bertz CT molecular complexity index is 1000. The van der Waals surface area contributed by atoms with Crippen molar-refractivity contribution in [2.24, 2.45) is 0 Å². The molecule has 0 unspecified atom stereocenters. The highest BCUT2D eigenvalue weighted by atomic mass is 16.2. The van der Waals surface area contributed by atoms with Gasteiger partial charge in [-0.2, -0.15) is 0 Å². The number of nitrogens with zero attached hydrogens (tertiary/aromatic N) is 2. The average molecular weight is 355 g/mol. The van der Waals surface area contributed by atoms with Gasteiger partial charge in [-0.25, -0.2) is 0 Å². The summed E-state index contributed by atoms with van der Waals surface area (Å²) >= 11 is 0. The van der Waals surface area contributed by atoms with Crippen molar-refractivity contribution in [3.8, 4) is 0 Å². The Balaban J connectivity index is 1.73. The number of aromatic nitrogens is 1. The highest BCUT2D eigenvalue weighted by molar-refractivity contribution is 6.36. The van der Waals surface area contributed by atoms with Crippen LogP contribution in [0.4, 0.5) is 5.69 Å². The van der Waals surface area contributed by atoms with Crippen molar-refractivity contribution < 1.29 is 9.59 Å². The number of rotatable bonds is 5. The molecule has 1 aliphatic rings. The highest BCUT2D eigenvalue weighted by Crippen LogP contribution is 2.31. The molecular weight excluding hydrogens is 338 g/mol. The number of hydrogen-bond donors (Lipinski definition) is 1. The lowest BCUT2D eigenvalue weighted by atomic mass is 10.0. The fraction of sp³-hybridized carbons (Fsp3) is 0.0455. The van der Waals surface area contributed by atoms with E-state index in [1.165, 1.54) is 4.90 Å². The quantitative estimate of drug-likeness (QED) is 0.712. The summed E-state index contributed by atoms with van der Waals surface area (Å²) in [4.78, 5) is 31.4. The first kappa shape index (κ1) is 16.7. The molecule has 0 bridgehead atoms. The van der Waals surface area contributed by atoms with E-state index < -0.39 is 0 Å². The van der Waals surface area contributed by atoms with Crippen LogP contribution in [0.3, 0.4) is 0 Å². The molecule has 2 amide bonds. The number of carbonyl (C=O) groups is 2. The van der Waals surface area contributed by atoms with Gasteiger partial charge in [0.25, 0.3) is 11.8 Å². The Morgan fingerprint density at radius 2 is 1.41 bits per heavy atom. The Labute approximate surface area is 157 Å². The highest BCUT2D eigenvalue weighted by Gasteiger charge is 2.39. The van der Waals surface area contributed by atoms with Crippen LogP contribution >= 0.6 is 0 Å². The Hall–Kier alpha value is -3.73. The zero-order valence-electron chi connectivity index (χ0n) is 14.5. The van der Waals surface area contributed by atoms with Gasteiger partial charge in [-0.05, 0) is 35.4 Å². The topological polar surface area (TPSA) is 62.3 Å². The number of benzene rings is 2. The minimum Gasteiger partial charge on any atom is -0.350 e. The molecule has 1 aliphatic heterocycles. The predicted molar refractivity (Wildman–Crippen MR) is 103 cm³/mol. The molecule has 132 valence electrons. The van der Waals surface area contributed by atoms with E-state index >= 15 is 0 Å². The molecule has 0 radical (unpaired) electrons. The molecule has 1 N–H and O–H groups in total. The van der Waals surface area contributed by atoms with E-state index in [0.717, 1.165) is 11.3 Å². The van der Waals surface area contributed by atoms with Crippen molar-refractivity contribution in [2.45, 2.75) is 6.54 Å². The van der Waals surface area contributed by atoms with Gasteiger partial charge < -0.3 is 5.32 Å². The molecular formula is C22H17N3O2. The van der Waals surface area contributed by atoms with Crippen LogP contribution in [0.2, 0.25) is 0 Å². The van der Waals surface area contributed by atoms with Gasteiger partial charge in [-0.3, -0.25) is 19.5 Å². The van der Waals surface area contributed by atoms with Crippen LogP contribution in [-0.2, 0) is 16.1 Å². The van der Waals surface area contributed by atoms with E-state index in [9.17, 15) is 9.59 Å². The molecule has 0 fully saturated rings. The van der Waals surface area contributed by atoms with Crippen molar-refractivity contribution in [1.29, 1.82) is 0 Å². The lowest BCUT2D eigenvalue weighted by Crippen LogP contribution is -2.32. The lowest BCUT2D eigenvalue weighted by Gasteiger charge is -2.15. The first-order chi connectivity index (χ1) is 13.2. The number of anilines is 1. The number of carbonyl (C=O) groups excluding carboxylic acids is 2. The van der Waals surface area contributed by atoms with E-state index in [-0.39, 0.29) is 18.4 Å². The molecule has 5 nitrogen and oxygen atoms in total.